The van der Waals surface area contributed by atoms with Crippen LogP contribution in [-0.4, -0.2) is 50.4 Å². The molecule has 1 atom stereocenters. The van der Waals surface area contributed by atoms with E-state index >= 15 is 0 Å². The van der Waals surface area contributed by atoms with Gasteiger partial charge in [0.15, 0.2) is 0 Å². The fourth-order valence-corrected chi connectivity index (χ4v) is 2.09. The van der Waals surface area contributed by atoms with Crippen LogP contribution in [0.5, 0.6) is 0 Å². The van der Waals surface area contributed by atoms with E-state index in [2.05, 4.69) is 15.6 Å². The molecule has 1 unspecified atom stereocenters. The van der Waals surface area contributed by atoms with E-state index < -0.39 is 5.60 Å². The van der Waals surface area contributed by atoms with Gasteiger partial charge in [0.05, 0.1) is 24.1 Å². The highest BCUT2D eigenvalue weighted by Gasteiger charge is 2.35. The molecule has 1 aliphatic heterocycles. The summed E-state index contributed by atoms with van der Waals surface area (Å²) in [7, 11) is 3.40. The summed E-state index contributed by atoms with van der Waals surface area (Å²) in [6, 6.07) is 1.69. The van der Waals surface area contributed by atoms with E-state index in [1.807, 2.05) is 0 Å². The number of rotatable bonds is 5. The number of anilines is 1. The van der Waals surface area contributed by atoms with Crippen LogP contribution in [-0.2, 0) is 9.47 Å². The minimum absolute atomic E-state index is 0.143. The smallest absolute Gasteiger partial charge is 0.253 e. The maximum absolute atomic E-state index is 12.2. The maximum atomic E-state index is 12.2. The van der Waals surface area contributed by atoms with Crippen molar-refractivity contribution in [2.24, 2.45) is 0 Å². The monoisotopic (exact) mass is 265 g/mol. The molecule has 6 heteroatoms. The zero-order chi connectivity index (χ0) is 13.7. The SMILES string of the molecule is CNc1cnccc1C(=O)NCC1(OC)CCOC1. The average molecular weight is 265 g/mol. The first-order valence-corrected chi connectivity index (χ1v) is 6.24. The third-order valence-electron chi connectivity index (χ3n) is 3.41. The summed E-state index contributed by atoms with van der Waals surface area (Å²) in [5, 5.41) is 5.84. The molecular formula is C13H19N3O3. The van der Waals surface area contributed by atoms with E-state index in [0.717, 1.165) is 6.42 Å². The zero-order valence-corrected chi connectivity index (χ0v) is 11.2. The van der Waals surface area contributed by atoms with Gasteiger partial charge in [-0.1, -0.05) is 0 Å². The molecule has 0 bridgehead atoms. The van der Waals surface area contributed by atoms with Crippen molar-refractivity contribution in [3.8, 4) is 0 Å². The van der Waals surface area contributed by atoms with Gasteiger partial charge in [-0.25, -0.2) is 0 Å². The van der Waals surface area contributed by atoms with Gasteiger partial charge < -0.3 is 20.1 Å². The highest BCUT2D eigenvalue weighted by Crippen LogP contribution is 2.22. The van der Waals surface area contributed by atoms with Gasteiger partial charge in [0, 0.05) is 39.9 Å². The van der Waals surface area contributed by atoms with E-state index in [4.69, 9.17) is 9.47 Å². The maximum Gasteiger partial charge on any atom is 0.253 e. The molecule has 104 valence electrons. The summed E-state index contributed by atoms with van der Waals surface area (Å²) in [6.07, 6.45) is 4.01. The minimum atomic E-state index is -0.400. The number of hydrogen-bond donors (Lipinski definition) is 2. The predicted octanol–water partition coefficient (Wildman–Crippen LogP) is 0.659. The fraction of sp³-hybridized carbons (Fsp3) is 0.538. The molecule has 1 fully saturated rings. The molecule has 1 amide bonds. The standard InChI is InChI=1S/C13H19N3O3/c1-14-11-7-15-5-3-10(11)12(17)16-8-13(18-2)4-6-19-9-13/h3,5,7,14H,4,6,8-9H2,1-2H3,(H,16,17). The normalized spacial score (nSPS) is 22.2. The number of methoxy groups -OCH3 is 1. The minimum Gasteiger partial charge on any atom is -0.386 e. The molecule has 2 heterocycles. The first kappa shape index (κ1) is 13.8. The van der Waals surface area contributed by atoms with Gasteiger partial charge in [0.1, 0.15) is 5.60 Å². The Hall–Kier alpha value is -1.66. The molecule has 2 N–H and O–H groups in total. The van der Waals surface area contributed by atoms with Gasteiger partial charge in [-0.3, -0.25) is 9.78 Å². The van der Waals surface area contributed by atoms with Crippen LogP contribution in [0.2, 0.25) is 0 Å². The Kier molecular flexibility index (Phi) is 4.34. The van der Waals surface area contributed by atoms with Crippen LogP contribution in [0, 0.1) is 0 Å². The van der Waals surface area contributed by atoms with Gasteiger partial charge in [-0.15, -0.1) is 0 Å². The summed E-state index contributed by atoms with van der Waals surface area (Å²) in [6.45, 7) is 1.62. The van der Waals surface area contributed by atoms with Crippen LogP contribution < -0.4 is 10.6 Å². The molecule has 0 saturated carbocycles. The van der Waals surface area contributed by atoms with Crippen molar-refractivity contribution in [3.63, 3.8) is 0 Å². The van der Waals surface area contributed by atoms with Crippen molar-refractivity contribution in [1.82, 2.24) is 10.3 Å². The Morgan fingerprint density at radius 1 is 1.63 bits per heavy atom. The Morgan fingerprint density at radius 2 is 2.47 bits per heavy atom. The topological polar surface area (TPSA) is 72.5 Å². The van der Waals surface area contributed by atoms with E-state index in [0.29, 0.717) is 31.0 Å². The lowest BCUT2D eigenvalue weighted by Crippen LogP contribution is -2.45. The Labute approximate surface area is 112 Å². The Balaban J connectivity index is 2.01. The van der Waals surface area contributed by atoms with Crippen molar-refractivity contribution in [3.05, 3.63) is 24.0 Å². The van der Waals surface area contributed by atoms with Crippen molar-refractivity contribution in [2.45, 2.75) is 12.0 Å². The number of carbonyl (C=O) groups is 1. The molecule has 19 heavy (non-hydrogen) atoms. The van der Waals surface area contributed by atoms with Crippen LogP contribution in [0.1, 0.15) is 16.8 Å². The quantitative estimate of drug-likeness (QED) is 0.818. The van der Waals surface area contributed by atoms with Crippen molar-refractivity contribution < 1.29 is 14.3 Å². The van der Waals surface area contributed by atoms with Crippen LogP contribution in [0.3, 0.4) is 0 Å². The number of pyridine rings is 1. The van der Waals surface area contributed by atoms with E-state index in [-0.39, 0.29) is 5.91 Å². The second-order valence-electron chi connectivity index (χ2n) is 4.54. The summed E-state index contributed by atoms with van der Waals surface area (Å²) >= 11 is 0. The number of ether oxygens (including phenoxy) is 2. The molecule has 1 aliphatic rings. The van der Waals surface area contributed by atoms with Gasteiger partial charge in [0.2, 0.25) is 0 Å². The van der Waals surface area contributed by atoms with Gasteiger partial charge >= 0.3 is 0 Å². The Bertz CT molecular complexity index is 445. The molecule has 0 radical (unpaired) electrons. The predicted molar refractivity (Wildman–Crippen MR) is 71.3 cm³/mol. The lowest BCUT2D eigenvalue weighted by atomic mass is 10.0. The van der Waals surface area contributed by atoms with Crippen molar-refractivity contribution in [2.75, 3.05) is 39.2 Å². The number of nitrogens with one attached hydrogen (secondary N) is 2. The van der Waals surface area contributed by atoms with Gasteiger partial charge in [0.25, 0.3) is 5.91 Å². The second kappa shape index (κ2) is 5.99. The summed E-state index contributed by atoms with van der Waals surface area (Å²) < 4.78 is 10.8. The molecule has 0 spiro atoms. The largest absolute Gasteiger partial charge is 0.386 e. The molecule has 6 nitrogen and oxygen atoms in total. The average Bonchev–Trinajstić information content (AvgIpc) is 2.94. The molecule has 1 saturated heterocycles. The van der Waals surface area contributed by atoms with E-state index in [1.54, 1.807) is 32.6 Å². The van der Waals surface area contributed by atoms with Crippen LogP contribution in [0.4, 0.5) is 5.69 Å². The number of aromatic nitrogens is 1. The third-order valence-corrected chi connectivity index (χ3v) is 3.41. The second-order valence-corrected chi connectivity index (χ2v) is 4.54. The first-order valence-electron chi connectivity index (χ1n) is 6.24. The molecular weight excluding hydrogens is 246 g/mol. The van der Waals surface area contributed by atoms with Crippen LogP contribution in [0.15, 0.2) is 18.5 Å². The van der Waals surface area contributed by atoms with E-state index in [9.17, 15) is 4.79 Å². The molecule has 1 aromatic heterocycles. The molecule has 1 aromatic rings. The number of nitrogens with zero attached hydrogens (tertiary/aromatic N) is 1. The van der Waals surface area contributed by atoms with E-state index in [1.165, 1.54) is 0 Å². The van der Waals surface area contributed by atoms with Gasteiger partial charge in [-0.05, 0) is 6.07 Å². The molecule has 2 rings (SSSR count). The molecule has 0 aromatic carbocycles. The number of amides is 1. The summed E-state index contributed by atoms with van der Waals surface area (Å²) in [4.78, 5) is 16.1. The molecule has 0 aliphatic carbocycles. The van der Waals surface area contributed by atoms with Crippen molar-refractivity contribution in [1.29, 1.82) is 0 Å². The number of hydrogen-bond acceptors (Lipinski definition) is 5. The summed E-state index contributed by atoms with van der Waals surface area (Å²) in [5.41, 5.74) is 0.875. The van der Waals surface area contributed by atoms with Gasteiger partial charge in [-0.2, -0.15) is 0 Å². The fourth-order valence-electron chi connectivity index (χ4n) is 2.09. The van der Waals surface area contributed by atoms with Crippen molar-refractivity contribution >= 4 is 11.6 Å². The highest BCUT2D eigenvalue weighted by molar-refractivity contribution is 5.99. The summed E-state index contributed by atoms with van der Waals surface area (Å²) in [5.74, 6) is -0.143. The number of carbonyl (C=O) groups excluding carboxylic acids is 1. The highest BCUT2D eigenvalue weighted by atomic mass is 16.5. The lowest BCUT2D eigenvalue weighted by Gasteiger charge is -2.26. The Morgan fingerprint density at radius 3 is 3.11 bits per heavy atom. The van der Waals surface area contributed by atoms with Crippen LogP contribution in [0.25, 0.3) is 0 Å². The van der Waals surface area contributed by atoms with Crippen LogP contribution >= 0.6 is 0 Å². The lowest BCUT2D eigenvalue weighted by molar-refractivity contribution is -0.0148. The zero-order valence-electron chi connectivity index (χ0n) is 11.2. The first-order chi connectivity index (χ1) is 9.21. The third kappa shape index (κ3) is 3.02.